The second-order valence-electron chi connectivity index (χ2n) is 6.88. The van der Waals surface area contributed by atoms with E-state index in [1.165, 1.54) is 32.1 Å². The Bertz CT molecular complexity index is 312. The normalized spacial score (nSPS) is 22.0. The van der Waals surface area contributed by atoms with Crippen LogP contribution in [0.5, 0.6) is 0 Å². The molecule has 0 aromatic rings. The minimum absolute atomic E-state index is 0.182. The molecule has 1 N–H and O–H groups in total. The monoisotopic (exact) mass is 282 g/mol. The summed E-state index contributed by atoms with van der Waals surface area (Å²) in [6.07, 6.45) is 8.57. The molecule has 0 bridgehead atoms. The van der Waals surface area contributed by atoms with Crippen LogP contribution >= 0.6 is 0 Å². The van der Waals surface area contributed by atoms with Crippen LogP contribution in [0.2, 0.25) is 0 Å². The molecule has 1 unspecified atom stereocenters. The second kappa shape index (κ2) is 7.41. The third kappa shape index (κ3) is 5.06. The fourth-order valence-electron chi connectivity index (χ4n) is 3.22. The Morgan fingerprint density at radius 2 is 1.80 bits per heavy atom. The van der Waals surface area contributed by atoms with Crippen LogP contribution in [-0.2, 0) is 4.79 Å². The summed E-state index contributed by atoms with van der Waals surface area (Å²) in [5.74, 6) is 1.36. The van der Waals surface area contributed by atoms with Gasteiger partial charge in [-0.2, -0.15) is 0 Å². The molecule has 4 heteroatoms. The third-order valence-corrected chi connectivity index (χ3v) is 4.75. The van der Waals surface area contributed by atoms with Gasteiger partial charge in [0.2, 0.25) is 5.91 Å². The molecule has 116 valence electrons. The van der Waals surface area contributed by atoms with Gasteiger partial charge in [0.15, 0.2) is 0 Å². The molecule has 0 aliphatic heterocycles. The molecule has 1 amide bonds. The molecule has 4 nitrogen and oxygen atoms in total. The number of aliphatic hydroxyl groups is 1. The van der Waals surface area contributed by atoms with E-state index in [9.17, 15) is 9.90 Å². The highest BCUT2D eigenvalue weighted by atomic mass is 16.3. The molecule has 2 aliphatic carbocycles. The summed E-state index contributed by atoms with van der Waals surface area (Å²) in [6, 6.07) is 0. The van der Waals surface area contributed by atoms with E-state index < -0.39 is 0 Å². The van der Waals surface area contributed by atoms with Gasteiger partial charge in [0.25, 0.3) is 0 Å². The quantitative estimate of drug-likeness (QED) is 0.773. The van der Waals surface area contributed by atoms with Gasteiger partial charge < -0.3 is 10.0 Å². The van der Waals surface area contributed by atoms with Gasteiger partial charge >= 0.3 is 0 Å². The van der Waals surface area contributed by atoms with Crippen LogP contribution in [0.4, 0.5) is 0 Å². The summed E-state index contributed by atoms with van der Waals surface area (Å²) in [7, 11) is 3.85. The molecule has 0 spiro atoms. The van der Waals surface area contributed by atoms with Gasteiger partial charge in [0, 0.05) is 20.1 Å². The van der Waals surface area contributed by atoms with Crippen molar-refractivity contribution in [1.82, 2.24) is 9.80 Å². The van der Waals surface area contributed by atoms with Gasteiger partial charge in [-0.15, -0.1) is 0 Å². The maximum atomic E-state index is 12.2. The van der Waals surface area contributed by atoms with Crippen LogP contribution in [0.15, 0.2) is 0 Å². The first-order valence-corrected chi connectivity index (χ1v) is 8.17. The highest BCUT2D eigenvalue weighted by Gasteiger charge is 2.30. The molecule has 0 saturated heterocycles. The van der Waals surface area contributed by atoms with E-state index in [2.05, 4.69) is 0 Å². The van der Waals surface area contributed by atoms with E-state index in [1.807, 2.05) is 23.9 Å². The fourth-order valence-corrected chi connectivity index (χ4v) is 3.22. The minimum Gasteiger partial charge on any atom is -0.392 e. The first-order chi connectivity index (χ1) is 9.56. The average Bonchev–Trinajstić information content (AvgIpc) is 3.23. The van der Waals surface area contributed by atoms with Crippen LogP contribution in [0.3, 0.4) is 0 Å². The number of hydrogen-bond donors (Lipinski definition) is 1. The van der Waals surface area contributed by atoms with Gasteiger partial charge in [-0.3, -0.25) is 9.69 Å². The summed E-state index contributed by atoms with van der Waals surface area (Å²) in [6.45, 7) is 1.94. The Morgan fingerprint density at radius 3 is 2.40 bits per heavy atom. The second-order valence-corrected chi connectivity index (χ2v) is 6.88. The van der Waals surface area contributed by atoms with Crippen LogP contribution in [0.25, 0.3) is 0 Å². The smallest absolute Gasteiger partial charge is 0.236 e. The van der Waals surface area contributed by atoms with Crippen molar-refractivity contribution >= 4 is 5.91 Å². The lowest BCUT2D eigenvalue weighted by molar-refractivity contribution is -0.131. The Balaban J connectivity index is 1.66. The largest absolute Gasteiger partial charge is 0.392 e. The van der Waals surface area contributed by atoms with Crippen molar-refractivity contribution in [3.63, 3.8) is 0 Å². The Kier molecular flexibility index (Phi) is 5.85. The van der Waals surface area contributed by atoms with Crippen LogP contribution in [0.1, 0.15) is 44.9 Å². The first kappa shape index (κ1) is 15.8. The maximum Gasteiger partial charge on any atom is 0.236 e. The van der Waals surface area contributed by atoms with E-state index in [4.69, 9.17) is 0 Å². The lowest BCUT2D eigenvalue weighted by Gasteiger charge is -2.28. The van der Waals surface area contributed by atoms with Gasteiger partial charge in [-0.05, 0) is 44.6 Å². The molecule has 0 aromatic carbocycles. The Morgan fingerprint density at radius 1 is 1.15 bits per heavy atom. The van der Waals surface area contributed by atoms with Crippen molar-refractivity contribution in [3.05, 3.63) is 0 Å². The van der Waals surface area contributed by atoms with E-state index in [0.717, 1.165) is 19.4 Å². The SMILES string of the molecule is CN(CC(=O)N(C)CC1CCCCC1)CC(O)C1CC1. The standard InChI is InChI=1S/C16H30N2O2/c1-17(11-15(19)14-8-9-14)12-16(20)18(2)10-13-6-4-3-5-7-13/h13-15,19H,3-12H2,1-2H3. The van der Waals surface area contributed by atoms with Crippen molar-refractivity contribution in [3.8, 4) is 0 Å². The van der Waals surface area contributed by atoms with E-state index in [0.29, 0.717) is 24.9 Å². The molecule has 0 aromatic heterocycles. The van der Waals surface area contributed by atoms with Gasteiger partial charge in [0.05, 0.1) is 12.6 Å². The highest BCUT2D eigenvalue weighted by molar-refractivity contribution is 5.77. The Labute approximate surface area is 123 Å². The highest BCUT2D eigenvalue weighted by Crippen LogP contribution is 2.32. The molecular weight excluding hydrogens is 252 g/mol. The average molecular weight is 282 g/mol. The van der Waals surface area contributed by atoms with Crippen LogP contribution < -0.4 is 0 Å². The summed E-state index contributed by atoms with van der Waals surface area (Å²) < 4.78 is 0. The maximum absolute atomic E-state index is 12.2. The molecule has 2 rings (SSSR count). The Hall–Kier alpha value is -0.610. The fraction of sp³-hybridized carbons (Fsp3) is 0.938. The van der Waals surface area contributed by atoms with E-state index >= 15 is 0 Å². The number of aliphatic hydroxyl groups excluding tert-OH is 1. The summed E-state index contributed by atoms with van der Waals surface area (Å²) in [5, 5.41) is 9.91. The first-order valence-electron chi connectivity index (χ1n) is 8.17. The number of nitrogens with zero attached hydrogens (tertiary/aromatic N) is 2. The molecule has 0 heterocycles. The number of carbonyl (C=O) groups excluding carboxylic acids is 1. The molecule has 0 radical (unpaired) electrons. The molecule has 2 aliphatic rings. The van der Waals surface area contributed by atoms with Gasteiger partial charge in [0.1, 0.15) is 0 Å². The van der Waals surface area contributed by atoms with Crippen molar-refractivity contribution in [2.75, 3.05) is 33.7 Å². The molecule has 2 fully saturated rings. The lowest BCUT2D eigenvalue weighted by Crippen LogP contribution is -2.41. The van der Waals surface area contributed by atoms with Crippen LogP contribution in [0, 0.1) is 11.8 Å². The molecule has 20 heavy (non-hydrogen) atoms. The van der Waals surface area contributed by atoms with Crippen molar-refractivity contribution in [2.24, 2.45) is 11.8 Å². The van der Waals surface area contributed by atoms with Crippen LogP contribution in [-0.4, -0.2) is 60.6 Å². The minimum atomic E-state index is -0.253. The van der Waals surface area contributed by atoms with E-state index in [-0.39, 0.29) is 12.0 Å². The van der Waals surface area contributed by atoms with Crippen molar-refractivity contribution in [1.29, 1.82) is 0 Å². The van der Waals surface area contributed by atoms with Gasteiger partial charge in [-0.25, -0.2) is 0 Å². The summed E-state index contributed by atoms with van der Waals surface area (Å²) >= 11 is 0. The van der Waals surface area contributed by atoms with Crippen molar-refractivity contribution < 1.29 is 9.90 Å². The summed E-state index contributed by atoms with van der Waals surface area (Å²) in [5.41, 5.74) is 0. The zero-order valence-corrected chi connectivity index (χ0v) is 13.1. The number of hydrogen-bond acceptors (Lipinski definition) is 3. The number of rotatable bonds is 7. The predicted octanol–water partition coefficient (Wildman–Crippen LogP) is 1.73. The molecule has 2 saturated carbocycles. The topological polar surface area (TPSA) is 43.8 Å². The zero-order chi connectivity index (χ0) is 14.5. The third-order valence-electron chi connectivity index (χ3n) is 4.75. The lowest BCUT2D eigenvalue weighted by atomic mass is 9.89. The predicted molar refractivity (Wildman–Crippen MR) is 80.4 cm³/mol. The molecular formula is C16H30N2O2. The number of carbonyl (C=O) groups is 1. The number of likely N-dealkylation sites (N-methyl/N-ethyl adjacent to an activating group) is 2. The summed E-state index contributed by atoms with van der Waals surface area (Å²) in [4.78, 5) is 16.0. The number of amides is 1. The zero-order valence-electron chi connectivity index (χ0n) is 13.1. The molecule has 1 atom stereocenters. The van der Waals surface area contributed by atoms with Gasteiger partial charge in [-0.1, -0.05) is 19.3 Å². The van der Waals surface area contributed by atoms with E-state index in [1.54, 1.807) is 0 Å². The van der Waals surface area contributed by atoms with Crippen molar-refractivity contribution in [2.45, 2.75) is 51.0 Å².